The summed E-state index contributed by atoms with van der Waals surface area (Å²) in [7, 11) is 0. The Labute approximate surface area is 135 Å². The Morgan fingerprint density at radius 2 is 1.91 bits per heavy atom. The largest absolute Gasteiger partial charge is 0.356 e. The molecule has 1 aromatic rings. The van der Waals surface area contributed by atoms with Crippen molar-refractivity contribution in [3.05, 3.63) is 29.6 Å². The van der Waals surface area contributed by atoms with Crippen LogP contribution < -0.4 is 10.6 Å². The molecule has 1 atom stereocenters. The molecule has 0 radical (unpaired) electrons. The Balaban J connectivity index is 3.03. The smallest absolute Gasteiger partial charge is 0.214 e. The van der Waals surface area contributed by atoms with Crippen molar-refractivity contribution in [3.63, 3.8) is 0 Å². The number of amides is 1. The second-order valence-electron chi connectivity index (χ2n) is 6.61. The molecule has 3 N–H and O–H groups in total. The van der Waals surface area contributed by atoms with Gasteiger partial charge >= 0.3 is 0 Å². The number of carbonyl (C=O) groups excluding carboxylic acids is 2. The van der Waals surface area contributed by atoms with Crippen molar-refractivity contribution in [2.45, 2.75) is 52.2 Å². The number of aliphatic hydroxyl groups excluding tert-OH is 1. The first kappa shape index (κ1) is 19.2. The van der Waals surface area contributed by atoms with Crippen LogP contribution >= 0.6 is 0 Å². The number of anilines is 1. The highest BCUT2D eigenvalue weighted by Gasteiger charge is 2.34. The molecule has 0 aliphatic rings. The van der Waals surface area contributed by atoms with Crippen LogP contribution in [0.15, 0.2) is 18.2 Å². The highest BCUT2D eigenvalue weighted by molar-refractivity contribution is 6.07. The third-order valence-corrected chi connectivity index (χ3v) is 2.98. The third kappa shape index (κ3) is 5.38. The number of nitrogens with one attached hydrogen (secondary N) is 2. The molecule has 0 aliphatic heterocycles. The van der Waals surface area contributed by atoms with Crippen LogP contribution in [0.2, 0.25) is 0 Å². The van der Waals surface area contributed by atoms with E-state index in [1.807, 2.05) is 0 Å². The Morgan fingerprint density at radius 3 is 2.43 bits per heavy atom. The van der Waals surface area contributed by atoms with E-state index < -0.39 is 29.2 Å². The molecule has 0 saturated heterocycles. The van der Waals surface area contributed by atoms with Crippen molar-refractivity contribution in [3.8, 4) is 0 Å². The van der Waals surface area contributed by atoms with Gasteiger partial charge in [0.2, 0.25) is 12.8 Å². The number of para-hydroxylation sites is 1. The molecule has 1 rings (SSSR count). The summed E-state index contributed by atoms with van der Waals surface area (Å²) in [6, 6.07) is 3.91. The minimum Gasteiger partial charge on any atom is -0.356 e. The molecule has 0 aliphatic carbocycles. The average molecular weight is 326 g/mol. The Hall–Kier alpha value is -1.83. The van der Waals surface area contributed by atoms with Gasteiger partial charge in [-0.1, -0.05) is 6.07 Å². The molecular weight excluding hydrogens is 303 g/mol. The van der Waals surface area contributed by atoms with E-state index in [9.17, 15) is 19.1 Å². The zero-order chi connectivity index (χ0) is 17.8. The summed E-state index contributed by atoms with van der Waals surface area (Å²) in [5, 5.41) is 14.7. The molecule has 7 heteroatoms. The fourth-order valence-corrected chi connectivity index (χ4v) is 1.99. The van der Waals surface area contributed by atoms with Crippen LogP contribution in [0.3, 0.4) is 0 Å². The second kappa shape index (κ2) is 7.16. The van der Waals surface area contributed by atoms with E-state index in [0.29, 0.717) is 6.41 Å². The lowest BCUT2D eigenvalue weighted by Gasteiger charge is -2.32. The van der Waals surface area contributed by atoms with Gasteiger partial charge in [0.15, 0.2) is 5.78 Å². The lowest BCUT2D eigenvalue weighted by Crippen LogP contribution is -2.54. The number of benzene rings is 1. The number of halogens is 1. The molecule has 1 amide bonds. The first-order valence-corrected chi connectivity index (χ1v) is 7.15. The van der Waals surface area contributed by atoms with Crippen LogP contribution in [-0.4, -0.2) is 34.9 Å². The minimum absolute atomic E-state index is 0.00226. The van der Waals surface area contributed by atoms with Gasteiger partial charge in [0.05, 0.1) is 16.8 Å². The van der Waals surface area contributed by atoms with Gasteiger partial charge in [0.25, 0.3) is 0 Å². The van der Waals surface area contributed by atoms with Crippen LogP contribution in [0.4, 0.5) is 10.1 Å². The molecule has 0 heterocycles. The van der Waals surface area contributed by atoms with Gasteiger partial charge in [-0.25, -0.2) is 4.39 Å². The fraction of sp³-hybridized carbons (Fsp3) is 0.500. The zero-order valence-corrected chi connectivity index (χ0v) is 13.9. The predicted molar refractivity (Wildman–Crippen MR) is 84.5 cm³/mol. The van der Waals surface area contributed by atoms with Crippen LogP contribution in [0.25, 0.3) is 0 Å². The molecule has 6 nitrogen and oxygen atoms in total. The Bertz CT molecular complexity index is 582. The minimum atomic E-state index is -1.38. The Morgan fingerprint density at radius 1 is 1.30 bits per heavy atom. The lowest BCUT2D eigenvalue weighted by atomic mass is 9.92. The summed E-state index contributed by atoms with van der Waals surface area (Å²) in [4.78, 5) is 23.3. The van der Waals surface area contributed by atoms with Gasteiger partial charge in [0, 0.05) is 5.56 Å². The second-order valence-corrected chi connectivity index (χ2v) is 6.61. The van der Waals surface area contributed by atoms with Gasteiger partial charge in [-0.3, -0.25) is 14.9 Å². The number of aliphatic hydroxyl groups is 1. The molecule has 128 valence electrons. The molecule has 0 aromatic heterocycles. The van der Waals surface area contributed by atoms with Crippen LogP contribution in [0.1, 0.15) is 45.0 Å². The number of carbonyl (C=O) groups is 2. The third-order valence-electron chi connectivity index (χ3n) is 2.98. The highest BCUT2D eigenvalue weighted by Crippen LogP contribution is 2.24. The van der Waals surface area contributed by atoms with E-state index in [4.69, 9.17) is 4.74 Å². The van der Waals surface area contributed by atoms with Crippen molar-refractivity contribution >= 4 is 17.9 Å². The molecule has 0 fully saturated rings. The first-order chi connectivity index (χ1) is 10.5. The maximum atomic E-state index is 13.8. The Kier molecular flexibility index (Phi) is 5.98. The molecular formula is C16H23FN2O4. The lowest BCUT2D eigenvalue weighted by molar-refractivity contribution is -0.187. The van der Waals surface area contributed by atoms with Crippen molar-refractivity contribution in [1.82, 2.24) is 5.32 Å². The van der Waals surface area contributed by atoms with E-state index >= 15 is 0 Å². The molecule has 0 spiro atoms. The van der Waals surface area contributed by atoms with Gasteiger partial charge in [-0.05, 0) is 46.8 Å². The maximum Gasteiger partial charge on any atom is 0.214 e. The average Bonchev–Trinajstić information content (AvgIpc) is 2.37. The molecule has 23 heavy (non-hydrogen) atoms. The number of ether oxygens (including phenoxy) is 1. The van der Waals surface area contributed by atoms with Crippen molar-refractivity contribution < 1.29 is 23.8 Å². The van der Waals surface area contributed by atoms with E-state index in [0.717, 1.165) is 6.07 Å². The van der Waals surface area contributed by atoms with Gasteiger partial charge < -0.3 is 15.2 Å². The summed E-state index contributed by atoms with van der Waals surface area (Å²) in [5.74, 6) is -1.22. The SMILES string of the molecule is CC(C)(C)OC(O)NC(C)(C)C(=O)c1cccc(F)c1NC=O. The van der Waals surface area contributed by atoms with Gasteiger partial charge in [-0.15, -0.1) is 0 Å². The zero-order valence-electron chi connectivity index (χ0n) is 13.9. The van der Waals surface area contributed by atoms with E-state index in [1.54, 1.807) is 20.8 Å². The van der Waals surface area contributed by atoms with Crippen molar-refractivity contribution in [2.75, 3.05) is 5.32 Å². The molecule has 1 aromatic carbocycles. The number of ketones is 1. The van der Waals surface area contributed by atoms with Gasteiger partial charge in [-0.2, -0.15) is 0 Å². The number of Topliss-reactive ketones (excluding diaryl/α,β-unsaturated/α-hetero) is 1. The summed E-state index contributed by atoms with van der Waals surface area (Å²) in [6.07, 6.45) is -1.09. The summed E-state index contributed by atoms with van der Waals surface area (Å²) >= 11 is 0. The highest BCUT2D eigenvalue weighted by atomic mass is 19.1. The number of hydrogen-bond donors (Lipinski definition) is 3. The summed E-state index contributed by atoms with van der Waals surface area (Å²) in [6.45, 7) is 8.32. The van der Waals surface area contributed by atoms with Crippen LogP contribution in [-0.2, 0) is 9.53 Å². The fourth-order valence-electron chi connectivity index (χ4n) is 1.99. The molecule has 1 unspecified atom stereocenters. The number of hydrogen-bond acceptors (Lipinski definition) is 5. The van der Waals surface area contributed by atoms with Crippen LogP contribution in [0.5, 0.6) is 0 Å². The van der Waals surface area contributed by atoms with E-state index in [2.05, 4.69) is 10.6 Å². The number of rotatable bonds is 7. The maximum absolute atomic E-state index is 13.8. The van der Waals surface area contributed by atoms with E-state index in [-0.39, 0.29) is 11.3 Å². The summed E-state index contributed by atoms with van der Waals surface area (Å²) in [5.41, 5.74) is -2.07. The van der Waals surface area contributed by atoms with E-state index in [1.165, 1.54) is 26.0 Å². The molecule has 0 saturated carbocycles. The van der Waals surface area contributed by atoms with Gasteiger partial charge in [0.1, 0.15) is 5.82 Å². The predicted octanol–water partition coefficient (Wildman–Crippen LogP) is 2.04. The monoisotopic (exact) mass is 326 g/mol. The first-order valence-electron chi connectivity index (χ1n) is 7.15. The topological polar surface area (TPSA) is 87.7 Å². The van der Waals surface area contributed by atoms with Crippen molar-refractivity contribution in [2.24, 2.45) is 0 Å². The quantitative estimate of drug-likeness (QED) is 0.405. The molecule has 0 bridgehead atoms. The standard InChI is InChI=1S/C16H23FN2O4/c1-15(2,3)23-14(22)19-16(4,5)13(21)10-7-6-8-11(17)12(10)18-9-20/h6-9,14,19,22H,1-5H3,(H,18,20). The normalized spacial score (nSPS) is 13.5. The van der Waals surface area contributed by atoms with Crippen molar-refractivity contribution in [1.29, 1.82) is 0 Å². The van der Waals surface area contributed by atoms with Crippen LogP contribution in [0, 0.1) is 5.82 Å². The summed E-state index contributed by atoms with van der Waals surface area (Å²) < 4.78 is 19.1.